The number of carbonyl (C=O) groups is 1. The van der Waals surface area contributed by atoms with Gasteiger partial charge in [0.05, 0.1) is 12.0 Å². The molecule has 0 saturated heterocycles. The maximum Gasteiger partial charge on any atom is 0.342 e. The normalized spacial score (nSPS) is 12.8. The Labute approximate surface area is 158 Å². The van der Waals surface area contributed by atoms with Crippen molar-refractivity contribution in [3.8, 4) is 0 Å². The predicted octanol–water partition coefficient (Wildman–Crippen LogP) is 2.71. The van der Waals surface area contributed by atoms with Crippen molar-refractivity contribution in [2.24, 2.45) is 5.73 Å². The predicted molar refractivity (Wildman–Crippen MR) is 100 cm³/mol. The van der Waals surface area contributed by atoms with E-state index in [-0.39, 0.29) is 6.54 Å². The Balaban J connectivity index is 2.20. The molecule has 8 heteroatoms. The molecule has 3 N–H and O–H groups in total. The van der Waals surface area contributed by atoms with Crippen LogP contribution in [0.15, 0.2) is 47.4 Å². The average Bonchev–Trinajstić information content (AvgIpc) is 2.65. The number of ether oxygens (including phenoxy) is 1. The largest absolute Gasteiger partial charge is 0.465 e. The zero-order chi connectivity index (χ0) is 20.2. The lowest BCUT2D eigenvalue weighted by Gasteiger charge is -2.16. The Kier molecular flexibility index (Phi) is 6.69. The fourth-order valence-corrected chi connectivity index (χ4v) is 3.81. The van der Waals surface area contributed by atoms with Crippen LogP contribution in [0.25, 0.3) is 0 Å². The van der Waals surface area contributed by atoms with E-state index in [2.05, 4.69) is 23.3 Å². The Morgan fingerprint density at radius 1 is 1.15 bits per heavy atom. The summed E-state index contributed by atoms with van der Waals surface area (Å²) in [7, 11) is -3.11. The maximum absolute atomic E-state index is 14.0. The molecular formula is C19H23FN2O4S. The summed E-state index contributed by atoms with van der Waals surface area (Å²) in [5.41, 5.74) is 7.34. The first kappa shape index (κ1) is 21.0. The highest BCUT2D eigenvalue weighted by Gasteiger charge is 2.26. The van der Waals surface area contributed by atoms with Crippen LogP contribution in [0, 0.1) is 5.82 Å². The van der Waals surface area contributed by atoms with Crippen LogP contribution >= 0.6 is 0 Å². The molecule has 0 aliphatic rings. The van der Waals surface area contributed by atoms with Crippen molar-refractivity contribution in [1.29, 1.82) is 0 Å². The molecule has 1 unspecified atom stereocenters. The number of methoxy groups -OCH3 is 1. The average molecular weight is 394 g/mol. The summed E-state index contributed by atoms with van der Waals surface area (Å²) in [6, 6.07) is 10.3. The van der Waals surface area contributed by atoms with Gasteiger partial charge in [-0.05, 0) is 29.2 Å². The van der Waals surface area contributed by atoms with Crippen LogP contribution in [-0.4, -0.2) is 28.0 Å². The van der Waals surface area contributed by atoms with Crippen LogP contribution in [0.3, 0.4) is 0 Å². The van der Waals surface area contributed by atoms with E-state index in [4.69, 9.17) is 5.73 Å². The fourth-order valence-electron chi connectivity index (χ4n) is 2.55. The Morgan fingerprint density at radius 3 is 2.30 bits per heavy atom. The second-order valence-corrected chi connectivity index (χ2v) is 8.12. The number of benzene rings is 2. The molecule has 0 bridgehead atoms. The highest BCUT2D eigenvalue weighted by molar-refractivity contribution is 7.89. The molecular weight excluding hydrogens is 371 g/mol. The molecule has 1 atom stereocenters. The Hall–Kier alpha value is -2.29. The van der Waals surface area contributed by atoms with Gasteiger partial charge in [0.15, 0.2) is 0 Å². The van der Waals surface area contributed by atoms with Gasteiger partial charge in [-0.3, -0.25) is 0 Å². The standard InChI is InChI=1S/C19H23FN2O4S/c1-12(2)13-7-9-14(10-8-13)16(21)11-22-27(24,25)17-6-4-5-15(20)18(17)19(23)26-3/h4-10,12,16,22H,11,21H2,1-3H3. The van der Waals surface area contributed by atoms with Gasteiger partial charge in [0, 0.05) is 12.6 Å². The van der Waals surface area contributed by atoms with Crippen LogP contribution in [0.5, 0.6) is 0 Å². The van der Waals surface area contributed by atoms with Crippen molar-refractivity contribution >= 4 is 16.0 Å². The number of halogens is 1. The van der Waals surface area contributed by atoms with Crippen LogP contribution in [0.1, 0.15) is 47.3 Å². The van der Waals surface area contributed by atoms with Crippen LogP contribution in [0.2, 0.25) is 0 Å². The van der Waals surface area contributed by atoms with Crippen LogP contribution < -0.4 is 10.5 Å². The van der Waals surface area contributed by atoms with Crippen molar-refractivity contribution in [2.75, 3.05) is 13.7 Å². The smallest absolute Gasteiger partial charge is 0.342 e. The van der Waals surface area contributed by atoms with E-state index in [9.17, 15) is 17.6 Å². The van der Waals surface area contributed by atoms with Gasteiger partial charge < -0.3 is 10.5 Å². The molecule has 2 aromatic carbocycles. The number of sulfonamides is 1. The molecule has 0 radical (unpaired) electrons. The van der Waals surface area contributed by atoms with E-state index in [1.165, 1.54) is 6.07 Å². The summed E-state index contributed by atoms with van der Waals surface area (Å²) >= 11 is 0. The molecule has 2 rings (SSSR count). The minimum absolute atomic E-state index is 0.111. The van der Waals surface area contributed by atoms with Crippen molar-refractivity contribution in [1.82, 2.24) is 4.72 Å². The first-order valence-corrected chi connectivity index (χ1v) is 9.87. The van der Waals surface area contributed by atoms with Crippen molar-refractivity contribution in [2.45, 2.75) is 30.7 Å². The molecule has 0 aliphatic heterocycles. The molecule has 27 heavy (non-hydrogen) atoms. The quantitative estimate of drug-likeness (QED) is 0.704. The summed E-state index contributed by atoms with van der Waals surface area (Å²) in [6.45, 7) is 4.03. The molecule has 146 valence electrons. The Morgan fingerprint density at radius 2 is 1.74 bits per heavy atom. The number of esters is 1. The number of hydrogen-bond donors (Lipinski definition) is 2. The second kappa shape index (κ2) is 8.60. The van der Waals surface area contributed by atoms with E-state index in [0.29, 0.717) is 5.92 Å². The van der Waals surface area contributed by atoms with Gasteiger partial charge in [-0.15, -0.1) is 0 Å². The SMILES string of the molecule is COC(=O)c1c(F)cccc1S(=O)(=O)NCC(N)c1ccc(C(C)C)cc1. The third-order valence-corrected chi connectivity index (χ3v) is 5.64. The van der Waals surface area contributed by atoms with Gasteiger partial charge in [-0.25, -0.2) is 22.3 Å². The van der Waals surface area contributed by atoms with Crippen LogP contribution in [-0.2, 0) is 14.8 Å². The lowest BCUT2D eigenvalue weighted by atomic mass is 9.99. The minimum Gasteiger partial charge on any atom is -0.465 e. The van der Waals surface area contributed by atoms with Crippen molar-refractivity contribution in [3.63, 3.8) is 0 Å². The van der Waals surface area contributed by atoms with Crippen LogP contribution in [0.4, 0.5) is 4.39 Å². The zero-order valence-corrected chi connectivity index (χ0v) is 16.2. The van der Waals surface area contributed by atoms with Gasteiger partial charge in [0.1, 0.15) is 11.4 Å². The number of rotatable bonds is 7. The lowest BCUT2D eigenvalue weighted by molar-refractivity contribution is 0.0590. The van der Waals surface area contributed by atoms with Crippen molar-refractivity contribution in [3.05, 3.63) is 65.0 Å². The van der Waals surface area contributed by atoms with E-state index in [1.807, 2.05) is 24.3 Å². The molecule has 6 nitrogen and oxygen atoms in total. The molecule has 0 amide bonds. The molecule has 2 aromatic rings. The summed E-state index contributed by atoms with van der Waals surface area (Å²) < 4.78 is 45.9. The molecule has 0 fully saturated rings. The zero-order valence-electron chi connectivity index (χ0n) is 15.4. The summed E-state index contributed by atoms with van der Waals surface area (Å²) in [6.07, 6.45) is 0. The first-order valence-electron chi connectivity index (χ1n) is 8.39. The van der Waals surface area contributed by atoms with Crippen molar-refractivity contribution < 1.29 is 22.3 Å². The van der Waals surface area contributed by atoms with Gasteiger partial charge in [0.2, 0.25) is 10.0 Å². The lowest BCUT2D eigenvalue weighted by Crippen LogP contribution is -2.33. The molecule has 0 saturated carbocycles. The van der Waals surface area contributed by atoms with E-state index in [1.54, 1.807) is 0 Å². The highest BCUT2D eigenvalue weighted by atomic mass is 32.2. The molecule has 0 spiro atoms. The third-order valence-electron chi connectivity index (χ3n) is 4.18. The van der Waals surface area contributed by atoms with E-state index >= 15 is 0 Å². The monoisotopic (exact) mass is 394 g/mol. The van der Waals surface area contributed by atoms with Gasteiger partial charge in [-0.1, -0.05) is 44.2 Å². The van der Waals surface area contributed by atoms with Gasteiger partial charge in [0.25, 0.3) is 0 Å². The van der Waals surface area contributed by atoms with E-state index < -0.39 is 38.3 Å². The van der Waals surface area contributed by atoms with Gasteiger partial charge in [-0.2, -0.15) is 0 Å². The number of nitrogens with two attached hydrogens (primary N) is 1. The molecule has 0 heterocycles. The number of carbonyl (C=O) groups excluding carboxylic acids is 1. The number of hydrogen-bond acceptors (Lipinski definition) is 5. The van der Waals surface area contributed by atoms with Gasteiger partial charge >= 0.3 is 5.97 Å². The summed E-state index contributed by atoms with van der Waals surface area (Å²) in [5.74, 6) is -1.67. The second-order valence-electron chi connectivity index (χ2n) is 6.38. The maximum atomic E-state index is 14.0. The highest BCUT2D eigenvalue weighted by Crippen LogP contribution is 2.21. The first-order chi connectivity index (χ1) is 12.7. The molecule has 0 aromatic heterocycles. The summed E-state index contributed by atoms with van der Waals surface area (Å²) in [5, 5.41) is 0. The van der Waals surface area contributed by atoms with E-state index in [0.717, 1.165) is 30.4 Å². The molecule has 0 aliphatic carbocycles. The minimum atomic E-state index is -4.16. The topological polar surface area (TPSA) is 98.5 Å². The Bertz CT molecular complexity index is 912. The fraction of sp³-hybridized carbons (Fsp3) is 0.316. The number of nitrogens with one attached hydrogen (secondary N) is 1. The summed E-state index contributed by atoms with van der Waals surface area (Å²) in [4.78, 5) is 11.3. The third kappa shape index (κ3) is 4.91.